The third kappa shape index (κ3) is 8.58. The van der Waals surface area contributed by atoms with Crippen molar-refractivity contribution in [2.75, 3.05) is 0 Å². The SMILES string of the molecule is CCCCCCc1cc(-c2sc(-c3ccnc(-c4cc(C(=O)O)cc(-c5cc(C(=O)O)ccn5)n4)c3)cc2CCCCCC)sc1C. The molecule has 5 aromatic rings. The lowest BCUT2D eigenvalue weighted by atomic mass is 10.0. The van der Waals surface area contributed by atoms with E-state index in [0.29, 0.717) is 11.4 Å². The quantitative estimate of drug-likeness (QED) is 0.101. The van der Waals surface area contributed by atoms with E-state index in [0.717, 1.165) is 29.7 Å². The average molecular weight is 668 g/mol. The minimum absolute atomic E-state index is 0.0195. The van der Waals surface area contributed by atoms with Gasteiger partial charge in [0.2, 0.25) is 0 Å². The molecule has 9 heteroatoms. The number of hydrogen-bond acceptors (Lipinski definition) is 7. The zero-order chi connectivity index (χ0) is 33.3. The Labute approximate surface area is 284 Å². The van der Waals surface area contributed by atoms with E-state index in [9.17, 15) is 19.8 Å². The van der Waals surface area contributed by atoms with Crippen LogP contribution in [-0.2, 0) is 12.8 Å². The Morgan fingerprint density at radius 2 is 1.21 bits per heavy atom. The number of aromatic carboxylic acids is 2. The molecule has 47 heavy (non-hydrogen) atoms. The summed E-state index contributed by atoms with van der Waals surface area (Å²) >= 11 is 3.70. The number of carbonyl (C=O) groups is 2. The summed E-state index contributed by atoms with van der Waals surface area (Å²) in [6.07, 6.45) is 15.1. The van der Waals surface area contributed by atoms with E-state index in [1.807, 2.05) is 23.5 Å². The van der Waals surface area contributed by atoms with Crippen LogP contribution in [0.4, 0.5) is 0 Å². The maximum absolute atomic E-state index is 12.1. The smallest absolute Gasteiger partial charge is 0.335 e. The summed E-state index contributed by atoms with van der Waals surface area (Å²) < 4.78 is 0. The van der Waals surface area contributed by atoms with Crippen molar-refractivity contribution >= 4 is 34.6 Å². The van der Waals surface area contributed by atoms with Crippen molar-refractivity contribution in [2.24, 2.45) is 0 Å². The van der Waals surface area contributed by atoms with Gasteiger partial charge in [-0.3, -0.25) is 9.97 Å². The Morgan fingerprint density at radius 1 is 0.638 bits per heavy atom. The van der Waals surface area contributed by atoms with Crippen molar-refractivity contribution in [1.82, 2.24) is 15.0 Å². The molecule has 5 heterocycles. The number of thiophene rings is 2. The van der Waals surface area contributed by atoms with Gasteiger partial charge in [-0.1, -0.05) is 52.4 Å². The third-order valence-electron chi connectivity index (χ3n) is 8.30. The first-order valence-electron chi connectivity index (χ1n) is 16.4. The Bertz CT molecular complexity index is 1860. The molecule has 0 atom stereocenters. The molecule has 0 fully saturated rings. The zero-order valence-corrected chi connectivity index (χ0v) is 28.8. The van der Waals surface area contributed by atoms with Crippen LogP contribution in [0.25, 0.3) is 43.0 Å². The van der Waals surface area contributed by atoms with Crippen LogP contribution in [-0.4, -0.2) is 37.1 Å². The summed E-state index contributed by atoms with van der Waals surface area (Å²) in [5.41, 5.74) is 5.33. The van der Waals surface area contributed by atoms with Gasteiger partial charge >= 0.3 is 11.9 Å². The van der Waals surface area contributed by atoms with Gasteiger partial charge < -0.3 is 10.2 Å². The predicted molar refractivity (Wildman–Crippen MR) is 192 cm³/mol. The maximum atomic E-state index is 12.1. The van der Waals surface area contributed by atoms with Gasteiger partial charge in [-0.15, -0.1) is 22.7 Å². The van der Waals surface area contributed by atoms with Gasteiger partial charge in [0.25, 0.3) is 0 Å². The molecule has 0 spiro atoms. The van der Waals surface area contributed by atoms with Crippen LogP contribution in [0.5, 0.6) is 0 Å². The first kappa shape index (κ1) is 34.1. The Morgan fingerprint density at radius 3 is 1.85 bits per heavy atom. The number of carboxylic acid groups (broad SMARTS) is 2. The number of aryl methyl sites for hydroxylation is 3. The fraction of sp³-hybridized carbons (Fsp3) is 0.342. The average Bonchev–Trinajstić information content (AvgIpc) is 3.68. The van der Waals surface area contributed by atoms with Crippen molar-refractivity contribution in [2.45, 2.75) is 85.0 Å². The van der Waals surface area contributed by atoms with E-state index in [1.54, 1.807) is 17.5 Å². The van der Waals surface area contributed by atoms with Crippen LogP contribution in [0.3, 0.4) is 0 Å². The zero-order valence-electron chi connectivity index (χ0n) is 27.2. The topological polar surface area (TPSA) is 113 Å². The van der Waals surface area contributed by atoms with Crippen LogP contribution >= 0.6 is 22.7 Å². The normalized spacial score (nSPS) is 11.2. The number of hydrogen-bond donors (Lipinski definition) is 2. The van der Waals surface area contributed by atoms with Gasteiger partial charge in [0.15, 0.2) is 0 Å². The highest BCUT2D eigenvalue weighted by Gasteiger charge is 2.18. The van der Waals surface area contributed by atoms with Gasteiger partial charge in [0.1, 0.15) is 0 Å². The summed E-state index contributed by atoms with van der Waals surface area (Å²) in [5.74, 6) is -2.22. The van der Waals surface area contributed by atoms with Crippen LogP contribution in [0.15, 0.2) is 60.9 Å². The molecule has 0 saturated carbocycles. The maximum Gasteiger partial charge on any atom is 0.335 e. The molecular formula is C38H41N3O4S2. The van der Waals surface area contributed by atoms with Crippen molar-refractivity contribution in [3.8, 4) is 43.0 Å². The number of nitrogens with zero attached hydrogens (tertiary/aromatic N) is 3. The minimum atomic E-state index is -1.12. The first-order valence-corrected chi connectivity index (χ1v) is 18.0. The number of pyridine rings is 3. The van der Waals surface area contributed by atoms with Crippen molar-refractivity contribution in [3.05, 3.63) is 88.1 Å². The molecule has 244 valence electrons. The molecule has 7 nitrogen and oxygen atoms in total. The second-order valence-electron chi connectivity index (χ2n) is 11.9. The molecule has 0 bridgehead atoms. The van der Waals surface area contributed by atoms with Crippen molar-refractivity contribution in [3.63, 3.8) is 0 Å². The third-order valence-corrected chi connectivity index (χ3v) is 10.8. The number of unbranched alkanes of at least 4 members (excludes halogenated alkanes) is 6. The summed E-state index contributed by atoms with van der Waals surface area (Å²) in [6, 6.07) is 14.3. The number of aromatic nitrogens is 3. The van der Waals surface area contributed by atoms with Gasteiger partial charge in [-0.25, -0.2) is 14.6 Å². The first-order chi connectivity index (χ1) is 22.8. The van der Waals surface area contributed by atoms with Crippen molar-refractivity contribution < 1.29 is 19.8 Å². The number of rotatable bonds is 16. The molecule has 5 aromatic heterocycles. The van der Waals surface area contributed by atoms with Crippen LogP contribution < -0.4 is 0 Å². The fourth-order valence-corrected chi connectivity index (χ4v) is 8.09. The lowest BCUT2D eigenvalue weighted by Crippen LogP contribution is -2.02. The fourth-order valence-electron chi connectivity index (χ4n) is 5.67. The Balaban J connectivity index is 1.51. The summed E-state index contributed by atoms with van der Waals surface area (Å²) in [5, 5.41) is 19.3. The van der Waals surface area contributed by atoms with E-state index in [-0.39, 0.29) is 22.5 Å². The molecule has 0 aliphatic rings. The van der Waals surface area contributed by atoms with Crippen LogP contribution in [0.1, 0.15) is 102 Å². The van der Waals surface area contributed by atoms with Gasteiger partial charge in [0, 0.05) is 31.9 Å². The van der Waals surface area contributed by atoms with E-state index in [4.69, 9.17) is 4.98 Å². The van der Waals surface area contributed by atoms with Gasteiger partial charge in [-0.2, -0.15) is 0 Å². The molecule has 0 aromatic carbocycles. The van der Waals surface area contributed by atoms with Crippen molar-refractivity contribution in [1.29, 1.82) is 0 Å². The van der Waals surface area contributed by atoms with E-state index >= 15 is 0 Å². The van der Waals surface area contributed by atoms with Gasteiger partial charge in [-0.05, 0) is 97.8 Å². The van der Waals surface area contributed by atoms with Crippen LogP contribution in [0.2, 0.25) is 0 Å². The van der Waals surface area contributed by atoms with E-state index in [2.05, 4.69) is 42.9 Å². The highest BCUT2D eigenvalue weighted by Crippen LogP contribution is 2.43. The van der Waals surface area contributed by atoms with E-state index < -0.39 is 11.9 Å². The lowest BCUT2D eigenvalue weighted by Gasteiger charge is -2.08. The molecular weight excluding hydrogens is 627 g/mol. The Kier molecular flexibility index (Phi) is 11.7. The Hall–Kier alpha value is -4.21. The van der Waals surface area contributed by atoms with Crippen LogP contribution in [0, 0.1) is 6.92 Å². The largest absolute Gasteiger partial charge is 0.478 e. The highest BCUT2D eigenvalue weighted by atomic mass is 32.1. The highest BCUT2D eigenvalue weighted by molar-refractivity contribution is 7.24. The minimum Gasteiger partial charge on any atom is -0.478 e. The summed E-state index contributed by atoms with van der Waals surface area (Å²) in [7, 11) is 0. The summed E-state index contributed by atoms with van der Waals surface area (Å²) in [6.45, 7) is 6.73. The summed E-state index contributed by atoms with van der Waals surface area (Å²) in [4.78, 5) is 42.4. The molecule has 0 aliphatic heterocycles. The molecule has 0 radical (unpaired) electrons. The predicted octanol–water partition coefficient (Wildman–Crippen LogP) is 10.6. The molecule has 0 amide bonds. The van der Waals surface area contributed by atoms with E-state index in [1.165, 1.54) is 101 Å². The monoisotopic (exact) mass is 667 g/mol. The van der Waals surface area contributed by atoms with Gasteiger partial charge in [0.05, 0.1) is 33.9 Å². The second-order valence-corrected chi connectivity index (χ2v) is 14.2. The standard InChI is InChI=1S/C38H41N3O4S2/c1-4-6-8-10-12-25-22-35(46-24(25)3)36-27(13-11-9-7-5-2)23-34(47-36)26-14-16-39-30(18-26)32-20-29(38(44)45)21-33(41-32)31-19-28(37(42)43)15-17-40-31/h14-23H,4-13H2,1-3H3,(H,42,43)(H,44,45). The second kappa shape index (κ2) is 16.1. The molecule has 5 rings (SSSR count). The molecule has 2 N–H and O–H groups in total. The molecule has 0 unspecified atom stereocenters. The number of carboxylic acids is 2. The molecule has 0 saturated heterocycles. The molecule has 0 aliphatic carbocycles. The lowest BCUT2D eigenvalue weighted by molar-refractivity contribution is 0.0686.